The van der Waals surface area contributed by atoms with Gasteiger partial charge >= 0.3 is 0 Å². The first-order chi connectivity index (χ1) is 8.11. The lowest BCUT2D eigenvalue weighted by atomic mass is 10.2. The third-order valence-corrected chi connectivity index (χ3v) is 3.41. The summed E-state index contributed by atoms with van der Waals surface area (Å²) >= 11 is 0. The second kappa shape index (κ2) is 8.03. The van der Waals surface area contributed by atoms with Crippen LogP contribution in [-0.4, -0.2) is 87.2 Å². The maximum Gasteiger partial charge on any atom is 0.0166 e. The molecule has 1 aliphatic rings. The predicted octanol–water partition coefficient (Wildman–Crippen LogP) is 0.164. The number of hydrogen-bond acceptors (Lipinski definition) is 4. The Bertz CT molecular complexity index is 188. The van der Waals surface area contributed by atoms with Crippen LogP contribution >= 0.6 is 0 Å². The monoisotopic (exact) mass is 242 g/mol. The minimum Gasteiger partial charge on any atom is -0.313 e. The molecule has 1 unspecified atom stereocenters. The highest BCUT2D eigenvalue weighted by molar-refractivity contribution is 4.75. The second-order valence-electron chi connectivity index (χ2n) is 5.40. The molecule has 1 fully saturated rings. The van der Waals surface area contributed by atoms with Gasteiger partial charge in [-0.2, -0.15) is 0 Å². The van der Waals surface area contributed by atoms with Crippen molar-refractivity contribution in [2.75, 3.05) is 66.5 Å². The van der Waals surface area contributed by atoms with Gasteiger partial charge in [-0.05, 0) is 27.6 Å². The van der Waals surface area contributed by atoms with E-state index in [9.17, 15) is 0 Å². The summed E-state index contributed by atoms with van der Waals surface area (Å²) in [5, 5.41) is 3.48. The summed E-state index contributed by atoms with van der Waals surface area (Å²) in [5.41, 5.74) is 0. The predicted molar refractivity (Wildman–Crippen MR) is 74.6 cm³/mol. The highest BCUT2D eigenvalue weighted by atomic mass is 15.3. The van der Waals surface area contributed by atoms with E-state index in [1.165, 1.54) is 45.8 Å². The third kappa shape index (κ3) is 6.36. The van der Waals surface area contributed by atoms with Crippen molar-refractivity contribution < 1.29 is 0 Å². The fraction of sp³-hybridized carbons (Fsp3) is 1.00. The van der Waals surface area contributed by atoms with Crippen molar-refractivity contribution >= 4 is 0 Å². The lowest BCUT2D eigenvalue weighted by Crippen LogP contribution is -2.51. The van der Waals surface area contributed by atoms with Crippen LogP contribution in [0.4, 0.5) is 0 Å². The molecule has 4 nitrogen and oxygen atoms in total. The standard InChI is InChI=1S/C13H30N4/c1-5-14-13(2)12-17-10-8-16(9-11-17)7-6-15(3)4/h13-14H,5-12H2,1-4H3. The van der Waals surface area contributed by atoms with Gasteiger partial charge in [-0.15, -0.1) is 0 Å². The zero-order chi connectivity index (χ0) is 12.7. The molecule has 0 aromatic carbocycles. The van der Waals surface area contributed by atoms with Gasteiger partial charge in [-0.25, -0.2) is 0 Å². The fourth-order valence-corrected chi connectivity index (χ4v) is 2.34. The lowest BCUT2D eigenvalue weighted by molar-refractivity contribution is 0.119. The Hall–Kier alpha value is -0.160. The van der Waals surface area contributed by atoms with Crippen molar-refractivity contribution in [3.05, 3.63) is 0 Å². The first kappa shape index (κ1) is 14.9. The summed E-state index contributed by atoms with van der Waals surface area (Å²) in [6, 6.07) is 0.619. The molecule has 1 saturated heterocycles. The summed E-state index contributed by atoms with van der Waals surface area (Å²) in [4.78, 5) is 7.42. The van der Waals surface area contributed by atoms with Crippen molar-refractivity contribution in [3.63, 3.8) is 0 Å². The zero-order valence-corrected chi connectivity index (χ0v) is 12.1. The molecule has 0 amide bonds. The largest absolute Gasteiger partial charge is 0.313 e. The van der Waals surface area contributed by atoms with E-state index >= 15 is 0 Å². The molecule has 0 aromatic heterocycles. The maximum absolute atomic E-state index is 3.48. The fourth-order valence-electron chi connectivity index (χ4n) is 2.34. The molecule has 0 saturated carbocycles. The Kier molecular flexibility index (Phi) is 7.04. The first-order valence-electron chi connectivity index (χ1n) is 6.94. The summed E-state index contributed by atoms with van der Waals surface area (Å²) in [7, 11) is 4.29. The molecule has 0 spiro atoms. The summed E-state index contributed by atoms with van der Waals surface area (Å²) in [6.07, 6.45) is 0. The van der Waals surface area contributed by atoms with Gasteiger partial charge in [-0.3, -0.25) is 9.80 Å². The van der Waals surface area contributed by atoms with Gasteiger partial charge in [0.25, 0.3) is 0 Å². The normalized spacial score (nSPS) is 21.0. The topological polar surface area (TPSA) is 21.8 Å². The molecule has 1 aliphatic heterocycles. The Morgan fingerprint density at radius 3 is 2.24 bits per heavy atom. The molecule has 1 rings (SSSR count). The molecule has 102 valence electrons. The van der Waals surface area contributed by atoms with Gasteiger partial charge in [0.05, 0.1) is 0 Å². The van der Waals surface area contributed by atoms with E-state index in [1.807, 2.05) is 0 Å². The Morgan fingerprint density at radius 2 is 1.71 bits per heavy atom. The average molecular weight is 242 g/mol. The van der Waals surface area contributed by atoms with Gasteiger partial charge in [0, 0.05) is 51.9 Å². The van der Waals surface area contributed by atoms with Crippen molar-refractivity contribution in [1.82, 2.24) is 20.0 Å². The number of hydrogen-bond donors (Lipinski definition) is 1. The Labute approximate surface area is 107 Å². The molecule has 0 aliphatic carbocycles. The Morgan fingerprint density at radius 1 is 1.12 bits per heavy atom. The van der Waals surface area contributed by atoms with Crippen molar-refractivity contribution in [1.29, 1.82) is 0 Å². The van der Waals surface area contributed by atoms with Crippen LogP contribution in [0, 0.1) is 0 Å². The van der Waals surface area contributed by atoms with Gasteiger partial charge < -0.3 is 10.2 Å². The van der Waals surface area contributed by atoms with Gasteiger partial charge in [0.1, 0.15) is 0 Å². The van der Waals surface area contributed by atoms with Crippen molar-refractivity contribution in [2.24, 2.45) is 0 Å². The first-order valence-corrected chi connectivity index (χ1v) is 6.94. The number of piperazine rings is 1. The van der Waals surface area contributed by atoms with Crippen LogP contribution in [0.2, 0.25) is 0 Å². The Balaban J connectivity index is 2.12. The number of nitrogens with one attached hydrogen (secondary N) is 1. The lowest BCUT2D eigenvalue weighted by Gasteiger charge is -2.36. The van der Waals surface area contributed by atoms with Gasteiger partial charge in [0.2, 0.25) is 0 Å². The van der Waals surface area contributed by atoms with Gasteiger partial charge in [-0.1, -0.05) is 6.92 Å². The van der Waals surface area contributed by atoms with E-state index in [-0.39, 0.29) is 0 Å². The second-order valence-corrected chi connectivity index (χ2v) is 5.40. The minimum atomic E-state index is 0.619. The molecule has 1 heterocycles. The van der Waals surface area contributed by atoms with Crippen LogP contribution in [0.1, 0.15) is 13.8 Å². The van der Waals surface area contributed by atoms with E-state index in [0.717, 1.165) is 6.54 Å². The molecular weight excluding hydrogens is 212 g/mol. The van der Waals surface area contributed by atoms with Crippen molar-refractivity contribution in [3.8, 4) is 0 Å². The SMILES string of the molecule is CCNC(C)CN1CCN(CCN(C)C)CC1. The average Bonchev–Trinajstić information content (AvgIpc) is 2.28. The molecule has 0 bridgehead atoms. The van der Waals surface area contributed by atoms with Crippen LogP contribution in [0.25, 0.3) is 0 Å². The smallest absolute Gasteiger partial charge is 0.0166 e. The molecule has 0 radical (unpaired) electrons. The van der Waals surface area contributed by atoms with Crippen LogP contribution in [-0.2, 0) is 0 Å². The van der Waals surface area contributed by atoms with Crippen LogP contribution < -0.4 is 5.32 Å². The van der Waals surface area contributed by atoms with Crippen LogP contribution in [0.3, 0.4) is 0 Å². The van der Waals surface area contributed by atoms with E-state index in [0.29, 0.717) is 6.04 Å². The number of likely N-dealkylation sites (N-methyl/N-ethyl adjacent to an activating group) is 2. The summed E-state index contributed by atoms with van der Waals surface area (Å²) in [6.45, 7) is 14.0. The highest BCUT2D eigenvalue weighted by Gasteiger charge is 2.17. The molecule has 0 aromatic rings. The number of rotatable bonds is 7. The zero-order valence-electron chi connectivity index (χ0n) is 12.1. The number of nitrogens with zero attached hydrogens (tertiary/aromatic N) is 3. The van der Waals surface area contributed by atoms with E-state index in [2.05, 4.69) is 48.0 Å². The van der Waals surface area contributed by atoms with E-state index in [1.54, 1.807) is 0 Å². The molecule has 17 heavy (non-hydrogen) atoms. The van der Waals surface area contributed by atoms with Crippen molar-refractivity contribution in [2.45, 2.75) is 19.9 Å². The maximum atomic E-state index is 3.48. The van der Waals surface area contributed by atoms with Crippen LogP contribution in [0.15, 0.2) is 0 Å². The quantitative estimate of drug-likeness (QED) is 0.687. The van der Waals surface area contributed by atoms with Crippen LogP contribution in [0.5, 0.6) is 0 Å². The van der Waals surface area contributed by atoms with E-state index < -0.39 is 0 Å². The van der Waals surface area contributed by atoms with E-state index in [4.69, 9.17) is 0 Å². The third-order valence-electron chi connectivity index (χ3n) is 3.41. The summed E-state index contributed by atoms with van der Waals surface area (Å²) in [5.74, 6) is 0. The highest BCUT2D eigenvalue weighted by Crippen LogP contribution is 2.02. The summed E-state index contributed by atoms with van der Waals surface area (Å²) < 4.78 is 0. The van der Waals surface area contributed by atoms with Gasteiger partial charge in [0.15, 0.2) is 0 Å². The molecule has 1 N–H and O–H groups in total. The molecule has 1 atom stereocenters. The molecule has 4 heteroatoms. The minimum absolute atomic E-state index is 0.619. The molecular formula is C13H30N4.